The van der Waals surface area contributed by atoms with E-state index in [0.29, 0.717) is 13.2 Å². The summed E-state index contributed by atoms with van der Waals surface area (Å²) in [5.41, 5.74) is 0.965. The smallest absolute Gasteiger partial charge is 0.244 e. The van der Waals surface area contributed by atoms with Crippen LogP contribution in [0.1, 0.15) is 43.6 Å². The van der Waals surface area contributed by atoms with E-state index in [4.69, 9.17) is 9.15 Å². The molecule has 3 rings (SSSR count). The minimum absolute atomic E-state index is 0.0862. The van der Waals surface area contributed by atoms with E-state index in [2.05, 4.69) is 10.2 Å². The minimum Gasteiger partial charge on any atom is -0.494 e. The van der Waals surface area contributed by atoms with Crippen molar-refractivity contribution >= 4 is 12.0 Å². The topological polar surface area (TPSA) is 54.7 Å². The van der Waals surface area contributed by atoms with Crippen LogP contribution >= 0.6 is 0 Å². The fraction of sp³-hybridized carbons (Fsp3) is 0.409. The highest BCUT2D eigenvalue weighted by Crippen LogP contribution is 2.24. The number of likely N-dealkylation sites (tertiary alicyclic amines) is 1. The summed E-state index contributed by atoms with van der Waals surface area (Å²) >= 11 is 0. The van der Waals surface area contributed by atoms with Crippen molar-refractivity contribution in [1.29, 1.82) is 0 Å². The van der Waals surface area contributed by atoms with Gasteiger partial charge in [0.2, 0.25) is 5.91 Å². The Kier molecular flexibility index (Phi) is 7.11. The van der Waals surface area contributed by atoms with Gasteiger partial charge in [-0.25, -0.2) is 0 Å². The Morgan fingerprint density at radius 3 is 2.67 bits per heavy atom. The molecule has 0 aliphatic carbocycles. The van der Waals surface area contributed by atoms with Crippen molar-refractivity contribution in [3.63, 3.8) is 0 Å². The highest BCUT2D eigenvalue weighted by atomic mass is 16.5. The average molecular weight is 368 g/mol. The molecule has 0 radical (unpaired) electrons. The Hall–Kier alpha value is -2.53. The third-order valence-corrected chi connectivity index (χ3v) is 4.79. The average Bonchev–Trinajstić information content (AvgIpc) is 3.23. The Balaban J connectivity index is 1.55. The Morgan fingerprint density at radius 1 is 1.22 bits per heavy atom. The molecule has 0 spiro atoms. The molecule has 2 aromatic rings. The molecule has 1 aromatic heterocycles. The Labute approximate surface area is 161 Å². The van der Waals surface area contributed by atoms with E-state index in [0.717, 1.165) is 30.2 Å². The van der Waals surface area contributed by atoms with Crippen LogP contribution in [0.4, 0.5) is 0 Å². The second-order valence-corrected chi connectivity index (χ2v) is 6.71. The summed E-state index contributed by atoms with van der Waals surface area (Å²) in [7, 11) is 0. The van der Waals surface area contributed by atoms with Crippen LogP contribution in [0.3, 0.4) is 0 Å². The van der Waals surface area contributed by atoms with Crippen LogP contribution in [-0.2, 0) is 4.79 Å². The molecular weight excluding hydrogens is 340 g/mol. The van der Waals surface area contributed by atoms with Gasteiger partial charge < -0.3 is 14.5 Å². The number of carbonyl (C=O) groups is 1. The summed E-state index contributed by atoms with van der Waals surface area (Å²) in [5, 5.41) is 3.02. The van der Waals surface area contributed by atoms with E-state index in [9.17, 15) is 4.79 Å². The summed E-state index contributed by atoms with van der Waals surface area (Å²) in [6.45, 7) is 5.23. The lowest BCUT2D eigenvalue weighted by atomic mass is 10.1. The van der Waals surface area contributed by atoms with Crippen LogP contribution in [0, 0.1) is 0 Å². The van der Waals surface area contributed by atoms with E-state index < -0.39 is 0 Å². The zero-order valence-corrected chi connectivity index (χ0v) is 15.9. The molecule has 0 bridgehead atoms. The number of carbonyl (C=O) groups excluding carboxylic acids is 1. The summed E-state index contributed by atoms with van der Waals surface area (Å²) in [4.78, 5) is 14.7. The van der Waals surface area contributed by atoms with E-state index in [1.807, 2.05) is 49.4 Å². The van der Waals surface area contributed by atoms with E-state index in [-0.39, 0.29) is 11.9 Å². The monoisotopic (exact) mass is 368 g/mol. The van der Waals surface area contributed by atoms with Crippen molar-refractivity contribution in [2.45, 2.75) is 32.2 Å². The van der Waals surface area contributed by atoms with Crippen LogP contribution in [-0.4, -0.2) is 37.0 Å². The predicted octanol–water partition coefficient (Wildman–Crippen LogP) is 4.03. The molecule has 5 nitrogen and oxygen atoms in total. The lowest BCUT2D eigenvalue weighted by Gasteiger charge is -2.33. The number of furan rings is 1. The molecule has 1 N–H and O–H groups in total. The number of rotatable bonds is 8. The number of hydrogen-bond acceptors (Lipinski definition) is 4. The normalized spacial score (nSPS) is 16.3. The number of amides is 1. The number of nitrogens with zero attached hydrogens (tertiary/aromatic N) is 1. The highest BCUT2D eigenvalue weighted by Gasteiger charge is 2.24. The molecule has 27 heavy (non-hydrogen) atoms. The third-order valence-electron chi connectivity index (χ3n) is 4.79. The second kappa shape index (κ2) is 9.97. The van der Waals surface area contributed by atoms with Crippen molar-refractivity contribution in [1.82, 2.24) is 10.2 Å². The summed E-state index contributed by atoms with van der Waals surface area (Å²) in [6.07, 6.45) is 8.75. The first kappa shape index (κ1) is 19.2. The van der Waals surface area contributed by atoms with Gasteiger partial charge in [-0.1, -0.05) is 18.6 Å². The molecule has 1 atom stereocenters. The van der Waals surface area contributed by atoms with Crippen LogP contribution in [0.5, 0.6) is 5.75 Å². The molecule has 2 heterocycles. The molecule has 1 unspecified atom stereocenters. The fourth-order valence-corrected chi connectivity index (χ4v) is 3.39. The second-order valence-electron chi connectivity index (χ2n) is 6.71. The molecule has 1 aliphatic heterocycles. The number of piperidine rings is 1. The predicted molar refractivity (Wildman–Crippen MR) is 107 cm³/mol. The number of ether oxygens (including phenoxy) is 1. The summed E-state index contributed by atoms with van der Waals surface area (Å²) in [5.74, 6) is 1.65. The summed E-state index contributed by atoms with van der Waals surface area (Å²) in [6, 6.07) is 11.7. The zero-order valence-electron chi connectivity index (χ0n) is 15.9. The van der Waals surface area contributed by atoms with Gasteiger partial charge in [0, 0.05) is 12.6 Å². The van der Waals surface area contributed by atoms with Crippen LogP contribution in [0.25, 0.3) is 6.08 Å². The molecule has 1 saturated heterocycles. The maximum atomic E-state index is 12.3. The maximum Gasteiger partial charge on any atom is 0.244 e. The lowest BCUT2D eigenvalue weighted by molar-refractivity contribution is -0.116. The van der Waals surface area contributed by atoms with Crippen LogP contribution < -0.4 is 10.1 Å². The molecule has 1 amide bonds. The quantitative estimate of drug-likeness (QED) is 0.715. The van der Waals surface area contributed by atoms with Gasteiger partial charge in [0.05, 0.1) is 18.9 Å². The van der Waals surface area contributed by atoms with E-state index >= 15 is 0 Å². The standard InChI is InChI=1S/C22H28N2O3/c1-2-26-19-11-8-18(9-12-19)10-13-22(25)23-17-20(21-7-6-16-27-21)24-14-4-3-5-15-24/h6-13,16,20H,2-5,14-15,17H2,1H3,(H,23,25)/b13-10+. The SMILES string of the molecule is CCOc1ccc(/C=C/C(=O)NCC(c2ccco2)N2CCCCC2)cc1. The van der Waals surface area contributed by atoms with Crippen molar-refractivity contribution in [3.8, 4) is 5.75 Å². The van der Waals surface area contributed by atoms with Gasteiger partial charge in [-0.2, -0.15) is 0 Å². The van der Waals surface area contributed by atoms with Gasteiger partial charge in [0.1, 0.15) is 11.5 Å². The third kappa shape index (κ3) is 5.73. The van der Waals surface area contributed by atoms with Gasteiger partial charge in [0.15, 0.2) is 0 Å². The Bertz CT molecular complexity index is 717. The summed E-state index contributed by atoms with van der Waals surface area (Å²) < 4.78 is 11.0. The van der Waals surface area contributed by atoms with Crippen molar-refractivity contribution in [2.75, 3.05) is 26.2 Å². The lowest BCUT2D eigenvalue weighted by Crippen LogP contribution is -2.40. The van der Waals surface area contributed by atoms with Crippen LogP contribution in [0.15, 0.2) is 53.2 Å². The van der Waals surface area contributed by atoms with Gasteiger partial charge in [-0.05, 0) is 68.8 Å². The first-order valence-electron chi connectivity index (χ1n) is 9.72. The van der Waals surface area contributed by atoms with Crippen molar-refractivity contribution in [2.24, 2.45) is 0 Å². The molecule has 144 valence electrons. The molecule has 5 heteroatoms. The van der Waals surface area contributed by atoms with E-state index in [1.54, 1.807) is 12.3 Å². The fourth-order valence-electron chi connectivity index (χ4n) is 3.39. The zero-order chi connectivity index (χ0) is 18.9. The van der Waals surface area contributed by atoms with Gasteiger partial charge in [-0.15, -0.1) is 0 Å². The molecule has 1 aromatic carbocycles. The van der Waals surface area contributed by atoms with Gasteiger partial charge in [-0.3, -0.25) is 9.69 Å². The maximum absolute atomic E-state index is 12.3. The first-order chi connectivity index (χ1) is 13.3. The van der Waals surface area contributed by atoms with Crippen molar-refractivity contribution in [3.05, 3.63) is 60.1 Å². The number of nitrogens with one attached hydrogen (secondary N) is 1. The molecular formula is C22H28N2O3. The van der Waals surface area contributed by atoms with Crippen LogP contribution in [0.2, 0.25) is 0 Å². The molecule has 1 aliphatic rings. The molecule has 0 saturated carbocycles. The largest absolute Gasteiger partial charge is 0.494 e. The highest BCUT2D eigenvalue weighted by molar-refractivity contribution is 5.91. The number of hydrogen-bond donors (Lipinski definition) is 1. The first-order valence-corrected chi connectivity index (χ1v) is 9.72. The minimum atomic E-state index is -0.0996. The molecule has 1 fully saturated rings. The van der Waals surface area contributed by atoms with E-state index in [1.165, 1.54) is 19.3 Å². The van der Waals surface area contributed by atoms with Crippen molar-refractivity contribution < 1.29 is 13.9 Å². The Morgan fingerprint density at radius 2 is 2.00 bits per heavy atom. The van der Waals surface area contributed by atoms with Gasteiger partial charge >= 0.3 is 0 Å². The number of benzene rings is 1. The van der Waals surface area contributed by atoms with Gasteiger partial charge in [0.25, 0.3) is 0 Å².